The number of benzene rings is 2. The van der Waals surface area contributed by atoms with E-state index in [9.17, 15) is 4.39 Å². The molecule has 0 saturated heterocycles. The second-order valence-corrected chi connectivity index (χ2v) is 5.37. The Balaban J connectivity index is 2.39. The Kier molecular flexibility index (Phi) is 4.68. The Morgan fingerprint density at radius 3 is 2.58 bits per heavy atom. The number of ether oxygens (including phenoxy) is 1. The molecule has 0 unspecified atom stereocenters. The molecule has 19 heavy (non-hydrogen) atoms. The van der Waals surface area contributed by atoms with Crippen molar-refractivity contribution in [1.82, 2.24) is 0 Å². The average molecular weight is 365 g/mol. The summed E-state index contributed by atoms with van der Waals surface area (Å²) in [6.45, 7) is 0.232. The number of halogens is 4. The van der Waals surface area contributed by atoms with E-state index in [2.05, 4.69) is 15.9 Å². The lowest BCUT2D eigenvalue weighted by Gasteiger charge is -2.11. The molecule has 2 N–H and O–H groups in total. The maximum absolute atomic E-state index is 14.1. The van der Waals surface area contributed by atoms with Crippen molar-refractivity contribution in [2.24, 2.45) is 5.73 Å². The molecule has 2 nitrogen and oxygen atoms in total. The first-order chi connectivity index (χ1) is 9.02. The molecule has 0 aliphatic carbocycles. The highest BCUT2D eigenvalue weighted by Crippen LogP contribution is 2.35. The van der Waals surface area contributed by atoms with Gasteiger partial charge < -0.3 is 10.5 Å². The lowest BCUT2D eigenvalue weighted by atomic mass is 10.2. The van der Waals surface area contributed by atoms with E-state index >= 15 is 0 Å². The van der Waals surface area contributed by atoms with E-state index in [0.29, 0.717) is 21.4 Å². The molecule has 0 atom stereocenters. The van der Waals surface area contributed by atoms with E-state index in [1.54, 1.807) is 18.2 Å². The Labute approximate surface area is 128 Å². The third kappa shape index (κ3) is 3.20. The van der Waals surface area contributed by atoms with Crippen LogP contribution in [0.5, 0.6) is 11.5 Å². The predicted molar refractivity (Wildman–Crippen MR) is 78.5 cm³/mol. The van der Waals surface area contributed by atoms with E-state index in [-0.39, 0.29) is 16.8 Å². The van der Waals surface area contributed by atoms with Crippen LogP contribution < -0.4 is 10.5 Å². The molecule has 0 amide bonds. The fraction of sp³-hybridized carbons (Fsp3) is 0.0769. The summed E-state index contributed by atoms with van der Waals surface area (Å²) in [7, 11) is 0. The third-order valence-electron chi connectivity index (χ3n) is 2.46. The molecular formula is C13H9BrCl2FNO. The number of hydrogen-bond donors (Lipinski definition) is 1. The summed E-state index contributed by atoms with van der Waals surface area (Å²) in [4.78, 5) is 0. The van der Waals surface area contributed by atoms with Crippen LogP contribution >= 0.6 is 39.1 Å². The molecular weight excluding hydrogens is 356 g/mol. The van der Waals surface area contributed by atoms with Crippen molar-refractivity contribution in [1.29, 1.82) is 0 Å². The zero-order chi connectivity index (χ0) is 14.0. The van der Waals surface area contributed by atoms with E-state index in [1.165, 1.54) is 12.1 Å². The van der Waals surface area contributed by atoms with Gasteiger partial charge in [0.1, 0.15) is 5.75 Å². The highest BCUT2D eigenvalue weighted by molar-refractivity contribution is 9.10. The zero-order valence-corrected chi connectivity index (χ0v) is 12.7. The SMILES string of the molecule is NCc1ccc(Oc2cc(Cl)ccc2Cl)c(F)c1Br. The number of rotatable bonds is 3. The third-order valence-corrected chi connectivity index (χ3v) is 3.86. The molecule has 0 aliphatic heterocycles. The lowest BCUT2D eigenvalue weighted by Crippen LogP contribution is -2.00. The van der Waals surface area contributed by atoms with Crippen LogP contribution in [0.2, 0.25) is 10.0 Å². The van der Waals surface area contributed by atoms with Gasteiger partial charge in [-0.3, -0.25) is 0 Å². The summed E-state index contributed by atoms with van der Waals surface area (Å²) >= 11 is 14.9. The summed E-state index contributed by atoms with van der Waals surface area (Å²) in [6.07, 6.45) is 0. The fourth-order valence-corrected chi connectivity index (χ4v) is 2.29. The summed E-state index contributed by atoms with van der Waals surface area (Å²) < 4.78 is 19.8. The monoisotopic (exact) mass is 363 g/mol. The van der Waals surface area contributed by atoms with Crippen LogP contribution in [-0.4, -0.2) is 0 Å². The second-order valence-electron chi connectivity index (χ2n) is 3.73. The van der Waals surface area contributed by atoms with E-state index in [0.717, 1.165) is 0 Å². The van der Waals surface area contributed by atoms with Crippen LogP contribution in [0.25, 0.3) is 0 Å². The fourth-order valence-electron chi connectivity index (χ4n) is 1.48. The quantitative estimate of drug-likeness (QED) is 0.817. The molecule has 6 heteroatoms. The second kappa shape index (κ2) is 6.09. The smallest absolute Gasteiger partial charge is 0.180 e. The minimum Gasteiger partial charge on any atom is -0.453 e. The highest BCUT2D eigenvalue weighted by atomic mass is 79.9. The van der Waals surface area contributed by atoms with Crippen LogP contribution in [-0.2, 0) is 6.54 Å². The molecule has 2 aromatic rings. The zero-order valence-electron chi connectivity index (χ0n) is 9.59. The van der Waals surface area contributed by atoms with Crippen LogP contribution in [0.3, 0.4) is 0 Å². The van der Waals surface area contributed by atoms with Gasteiger partial charge in [0.15, 0.2) is 11.6 Å². The van der Waals surface area contributed by atoms with E-state index < -0.39 is 5.82 Å². The van der Waals surface area contributed by atoms with Gasteiger partial charge in [-0.2, -0.15) is 0 Å². The van der Waals surface area contributed by atoms with Crippen LogP contribution in [0, 0.1) is 5.82 Å². The Hall–Kier alpha value is -0.810. The van der Waals surface area contributed by atoms with Gasteiger partial charge in [0, 0.05) is 17.6 Å². The van der Waals surface area contributed by atoms with Crippen molar-refractivity contribution in [2.75, 3.05) is 0 Å². The van der Waals surface area contributed by atoms with Crippen molar-refractivity contribution >= 4 is 39.1 Å². The molecule has 0 fully saturated rings. The predicted octanol–water partition coefficient (Wildman–Crippen LogP) is 5.15. The molecule has 0 aliphatic rings. The first kappa shape index (κ1) is 14.6. The molecule has 0 spiro atoms. The maximum atomic E-state index is 14.1. The first-order valence-electron chi connectivity index (χ1n) is 5.32. The molecule has 0 aromatic heterocycles. The number of hydrogen-bond acceptors (Lipinski definition) is 2. The minimum atomic E-state index is -0.529. The van der Waals surface area contributed by atoms with E-state index in [4.69, 9.17) is 33.7 Å². The van der Waals surface area contributed by atoms with E-state index in [1.807, 2.05) is 0 Å². The Morgan fingerprint density at radius 2 is 1.89 bits per heavy atom. The summed E-state index contributed by atoms with van der Waals surface area (Å²) in [5.41, 5.74) is 6.14. The van der Waals surface area contributed by atoms with Gasteiger partial charge in [0.2, 0.25) is 0 Å². The molecule has 0 saturated carbocycles. The summed E-state index contributed by atoms with van der Waals surface area (Å²) in [6, 6.07) is 7.91. The molecule has 0 bridgehead atoms. The van der Waals surface area contributed by atoms with Gasteiger partial charge in [0.05, 0.1) is 9.50 Å². The van der Waals surface area contributed by atoms with Gasteiger partial charge in [-0.15, -0.1) is 0 Å². The Bertz CT molecular complexity index is 622. The minimum absolute atomic E-state index is 0.0493. The first-order valence-corrected chi connectivity index (χ1v) is 6.87. The van der Waals surface area contributed by atoms with Crippen molar-refractivity contribution in [3.63, 3.8) is 0 Å². The molecule has 0 heterocycles. The molecule has 2 aromatic carbocycles. The highest BCUT2D eigenvalue weighted by Gasteiger charge is 2.13. The summed E-state index contributed by atoms with van der Waals surface area (Å²) in [5, 5.41) is 0.806. The van der Waals surface area contributed by atoms with Gasteiger partial charge in [0.25, 0.3) is 0 Å². The summed E-state index contributed by atoms with van der Waals surface area (Å²) in [5.74, 6) is -0.187. The normalized spacial score (nSPS) is 10.6. The molecule has 0 radical (unpaired) electrons. The standard InChI is InChI=1S/C13H9BrCl2FNO/c14-12-7(6-18)1-4-10(13(12)17)19-11-5-8(15)2-3-9(11)16/h1-5H,6,18H2. The molecule has 100 valence electrons. The van der Waals surface area contributed by atoms with Crippen molar-refractivity contribution in [3.05, 3.63) is 56.2 Å². The lowest BCUT2D eigenvalue weighted by molar-refractivity contribution is 0.440. The maximum Gasteiger partial charge on any atom is 0.180 e. The van der Waals surface area contributed by atoms with Gasteiger partial charge in [-0.05, 0) is 39.7 Å². The van der Waals surface area contributed by atoms with Gasteiger partial charge in [-0.1, -0.05) is 29.3 Å². The van der Waals surface area contributed by atoms with Crippen LogP contribution in [0.4, 0.5) is 4.39 Å². The number of nitrogens with two attached hydrogens (primary N) is 1. The topological polar surface area (TPSA) is 35.2 Å². The van der Waals surface area contributed by atoms with Crippen LogP contribution in [0.1, 0.15) is 5.56 Å². The van der Waals surface area contributed by atoms with Crippen LogP contribution in [0.15, 0.2) is 34.8 Å². The largest absolute Gasteiger partial charge is 0.453 e. The van der Waals surface area contributed by atoms with Crippen molar-refractivity contribution in [3.8, 4) is 11.5 Å². The van der Waals surface area contributed by atoms with Crippen molar-refractivity contribution in [2.45, 2.75) is 6.54 Å². The van der Waals surface area contributed by atoms with Gasteiger partial charge >= 0.3 is 0 Å². The average Bonchev–Trinajstić information content (AvgIpc) is 2.39. The van der Waals surface area contributed by atoms with Gasteiger partial charge in [-0.25, -0.2) is 4.39 Å². The van der Waals surface area contributed by atoms with Crippen molar-refractivity contribution < 1.29 is 9.13 Å². The molecule has 2 rings (SSSR count). The Morgan fingerprint density at radius 1 is 1.16 bits per heavy atom.